The fourth-order valence-corrected chi connectivity index (χ4v) is 3.08. The largest absolute Gasteiger partial charge is 0.478 e. The van der Waals surface area contributed by atoms with Crippen molar-refractivity contribution in [2.75, 3.05) is 26.2 Å². The van der Waals surface area contributed by atoms with Gasteiger partial charge < -0.3 is 15.4 Å². The number of ether oxygens (including phenoxy) is 1. The lowest BCUT2D eigenvalue weighted by Gasteiger charge is -2.22. The fraction of sp³-hybridized carbons (Fsp3) is 0.684. The van der Waals surface area contributed by atoms with Crippen LogP contribution >= 0.6 is 24.0 Å². The third-order valence-corrected chi connectivity index (χ3v) is 4.58. The topological polar surface area (TPSA) is 61.8 Å². The lowest BCUT2D eigenvalue weighted by molar-refractivity contribution is 0.265. The van der Waals surface area contributed by atoms with Crippen molar-refractivity contribution in [1.29, 1.82) is 0 Å². The van der Waals surface area contributed by atoms with Gasteiger partial charge in [-0.3, -0.25) is 4.90 Å². The van der Waals surface area contributed by atoms with Crippen molar-refractivity contribution >= 4 is 29.9 Å². The zero-order valence-corrected chi connectivity index (χ0v) is 19.0. The number of nitrogens with one attached hydrogen (secondary N) is 2. The molecule has 1 aromatic heterocycles. The van der Waals surface area contributed by atoms with Crippen molar-refractivity contribution in [3.05, 3.63) is 23.9 Å². The first-order chi connectivity index (χ1) is 12.0. The summed E-state index contributed by atoms with van der Waals surface area (Å²) in [6, 6.07) is 4.94. The second kappa shape index (κ2) is 11.6. The number of pyridine rings is 1. The standard InChI is InChI=1S/C19H33N5O.HI/c1-6-20-19(23-17-13-24(14(3)4)12-15(17)5)22-11-16-9-8-10-21-18(16)25-7-2;/h8-10,14-15,17H,6-7,11-13H2,1-5H3,(H2,20,22,23);1H. The molecule has 0 spiro atoms. The maximum Gasteiger partial charge on any atom is 0.218 e. The van der Waals surface area contributed by atoms with E-state index in [1.165, 1.54) is 0 Å². The van der Waals surface area contributed by atoms with Gasteiger partial charge in [0.05, 0.1) is 13.2 Å². The molecule has 2 rings (SSSR count). The van der Waals surface area contributed by atoms with Crippen LogP contribution in [0, 0.1) is 5.92 Å². The first-order valence-electron chi connectivity index (χ1n) is 9.40. The Hall–Kier alpha value is -1.09. The highest BCUT2D eigenvalue weighted by atomic mass is 127. The van der Waals surface area contributed by atoms with E-state index < -0.39 is 0 Å². The molecule has 0 aliphatic carbocycles. The van der Waals surface area contributed by atoms with E-state index in [0.717, 1.165) is 31.2 Å². The molecule has 1 saturated heterocycles. The van der Waals surface area contributed by atoms with Crippen LogP contribution in [0.4, 0.5) is 0 Å². The Balaban J connectivity index is 0.00000338. The second-order valence-corrected chi connectivity index (χ2v) is 6.87. The average molecular weight is 475 g/mol. The number of halogens is 1. The maximum absolute atomic E-state index is 5.59. The highest BCUT2D eigenvalue weighted by Crippen LogP contribution is 2.19. The van der Waals surface area contributed by atoms with Gasteiger partial charge in [0.2, 0.25) is 5.88 Å². The molecule has 148 valence electrons. The Bertz CT molecular complexity index is 567. The van der Waals surface area contributed by atoms with Gasteiger partial charge in [0.25, 0.3) is 0 Å². The van der Waals surface area contributed by atoms with Crippen LogP contribution in [0.15, 0.2) is 23.3 Å². The van der Waals surface area contributed by atoms with Gasteiger partial charge in [-0.05, 0) is 39.7 Å². The van der Waals surface area contributed by atoms with Crippen LogP contribution in [0.1, 0.15) is 40.2 Å². The van der Waals surface area contributed by atoms with Crippen LogP contribution in [0.25, 0.3) is 0 Å². The zero-order chi connectivity index (χ0) is 18.2. The van der Waals surface area contributed by atoms with E-state index >= 15 is 0 Å². The number of aromatic nitrogens is 1. The smallest absolute Gasteiger partial charge is 0.218 e. The number of nitrogens with zero attached hydrogens (tertiary/aromatic N) is 3. The van der Waals surface area contributed by atoms with Gasteiger partial charge >= 0.3 is 0 Å². The molecule has 7 heteroatoms. The summed E-state index contributed by atoms with van der Waals surface area (Å²) in [6.45, 7) is 15.1. The molecule has 0 amide bonds. The van der Waals surface area contributed by atoms with Crippen LogP contribution in [-0.2, 0) is 6.54 Å². The lowest BCUT2D eigenvalue weighted by Crippen LogP contribution is -2.46. The van der Waals surface area contributed by atoms with Gasteiger partial charge in [0.15, 0.2) is 5.96 Å². The molecule has 26 heavy (non-hydrogen) atoms. The van der Waals surface area contributed by atoms with Crippen LogP contribution in [-0.4, -0.2) is 54.2 Å². The molecule has 0 saturated carbocycles. The van der Waals surface area contributed by atoms with E-state index in [2.05, 4.69) is 48.2 Å². The van der Waals surface area contributed by atoms with Gasteiger partial charge in [0, 0.05) is 43.5 Å². The molecule has 6 nitrogen and oxygen atoms in total. The zero-order valence-electron chi connectivity index (χ0n) is 16.7. The molecule has 1 aliphatic heterocycles. The Kier molecular flexibility index (Phi) is 10.2. The summed E-state index contributed by atoms with van der Waals surface area (Å²) in [5, 5.41) is 6.96. The van der Waals surface area contributed by atoms with E-state index in [1.54, 1.807) is 6.20 Å². The summed E-state index contributed by atoms with van der Waals surface area (Å²) in [6.07, 6.45) is 1.75. The molecule has 2 N–H and O–H groups in total. The Morgan fingerprint density at radius 3 is 2.77 bits per heavy atom. The second-order valence-electron chi connectivity index (χ2n) is 6.87. The predicted octanol–water partition coefficient (Wildman–Crippen LogP) is 2.88. The Labute approximate surface area is 175 Å². The fourth-order valence-electron chi connectivity index (χ4n) is 3.08. The molecule has 1 aliphatic rings. The number of likely N-dealkylation sites (tertiary alicyclic amines) is 1. The van der Waals surface area contributed by atoms with Gasteiger partial charge in [-0.2, -0.15) is 0 Å². The van der Waals surface area contributed by atoms with Crippen molar-refractivity contribution in [3.8, 4) is 5.88 Å². The molecule has 0 aromatic carbocycles. The van der Waals surface area contributed by atoms with Crippen molar-refractivity contribution in [3.63, 3.8) is 0 Å². The Morgan fingerprint density at radius 1 is 1.38 bits per heavy atom. The van der Waals surface area contributed by atoms with Gasteiger partial charge in [-0.15, -0.1) is 24.0 Å². The molecule has 0 radical (unpaired) electrons. The van der Waals surface area contributed by atoms with Gasteiger partial charge in [-0.1, -0.05) is 13.0 Å². The van der Waals surface area contributed by atoms with E-state index in [9.17, 15) is 0 Å². The highest BCUT2D eigenvalue weighted by Gasteiger charge is 2.31. The van der Waals surface area contributed by atoms with E-state index in [1.807, 2.05) is 19.1 Å². The first-order valence-corrected chi connectivity index (χ1v) is 9.40. The molecule has 1 aromatic rings. The maximum atomic E-state index is 5.59. The normalized spacial score (nSPS) is 20.8. The molecular formula is C19H34IN5O. The Morgan fingerprint density at radius 2 is 2.15 bits per heavy atom. The summed E-state index contributed by atoms with van der Waals surface area (Å²) in [5.41, 5.74) is 1.00. The molecule has 2 heterocycles. The number of aliphatic imine (C=N–C) groups is 1. The first kappa shape index (κ1) is 23.0. The monoisotopic (exact) mass is 475 g/mol. The van der Waals surface area contributed by atoms with Gasteiger partial charge in [-0.25, -0.2) is 9.98 Å². The van der Waals surface area contributed by atoms with Crippen LogP contribution < -0.4 is 15.4 Å². The predicted molar refractivity (Wildman–Crippen MR) is 118 cm³/mol. The van der Waals surface area contributed by atoms with E-state index in [4.69, 9.17) is 9.73 Å². The molecule has 0 bridgehead atoms. The summed E-state index contributed by atoms with van der Waals surface area (Å²) < 4.78 is 5.59. The van der Waals surface area contributed by atoms with Crippen molar-refractivity contribution in [2.24, 2.45) is 10.9 Å². The van der Waals surface area contributed by atoms with Crippen LogP contribution in [0.2, 0.25) is 0 Å². The quantitative estimate of drug-likeness (QED) is 0.361. The minimum atomic E-state index is 0. The minimum absolute atomic E-state index is 0. The molecule has 2 unspecified atom stereocenters. The third kappa shape index (κ3) is 6.57. The van der Waals surface area contributed by atoms with E-state index in [-0.39, 0.29) is 24.0 Å². The lowest BCUT2D eigenvalue weighted by atomic mass is 10.1. The summed E-state index contributed by atoms with van der Waals surface area (Å²) in [7, 11) is 0. The molecular weight excluding hydrogens is 441 g/mol. The SMILES string of the molecule is CCNC(=NCc1cccnc1OCC)NC1CN(C(C)C)CC1C.I. The van der Waals surface area contributed by atoms with Crippen LogP contribution in [0.5, 0.6) is 5.88 Å². The number of guanidine groups is 1. The van der Waals surface area contributed by atoms with Crippen molar-refractivity contribution < 1.29 is 4.74 Å². The summed E-state index contributed by atoms with van der Waals surface area (Å²) in [4.78, 5) is 11.6. The van der Waals surface area contributed by atoms with Crippen LogP contribution in [0.3, 0.4) is 0 Å². The van der Waals surface area contributed by atoms with E-state index in [0.29, 0.717) is 37.0 Å². The van der Waals surface area contributed by atoms with Crippen molar-refractivity contribution in [1.82, 2.24) is 20.5 Å². The highest BCUT2D eigenvalue weighted by molar-refractivity contribution is 14.0. The minimum Gasteiger partial charge on any atom is -0.478 e. The average Bonchev–Trinajstić information content (AvgIpc) is 2.95. The molecule has 1 fully saturated rings. The number of rotatable bonds is 7. The summed E-state index contributed by atoms with van der Waals surface area (Å²) in [5.74, 6) is 2.13. The van der Waals surface area contributed by atoms with Crippen molar-refractivity contribution in [2.45, 2.75) is 53.2 Å². The number of hydrogen-bond donors (Lipinski definition) is 2. The number of hydrogen-bond acceptors (Lipinski definition) is 4. The third-order valence-electron chi connectivity index (χ3n) is 4.58. The molecule has 2 atom stereocenters. The van der Waals surface area contributed by atoms with Gasteiger partial charge in [0.1, 0.15) is 0 Å². The summed E-state index contributed by atoms with van der Waals surface area (Å²) >= 11 is 0.